The molecule has 0 bridgehead atoms. The Balaban J connectivity index is 3.01. The Morgan fingerprint density at radius 1 is 1.11 bits per heavy atom. The fraction of sp³-hybridized carbons (Fsp3) is 0.579. The number of alkyl carbamates (subject to hydrolysis) is 1. The lowest BCUT2D eigenvalue weighted by atomic mass is 10.0. The largest absolute Gasteiger partial charge is 0.468 e. The van der Waals surface area contributed by atoms with Crippen molar-refractivity contribution in [2.75, 3.05) is 27.6 Å². The second-order valence-electron chi connectivity index (χ2n) is 6.65. The molecule has 0 saturated carbocycles. The average molecular weight is 383 g/mol. The highest BCUT2D eigenvalue weighted by molar-refractivity contribution is 5.82. The molecule has 0 aliphatic carbocycles. The Labute approximate surface area is 160 Å². The average Bonchev–Trinajstić information content (AvgIpc) is 2.59. The third-order valence-electron chi connectivity index (χ3n) is 3.32. The van der Waals surface area contributed by atoms with Crippen molar-refractivity contribution in [1.82, 2.24) is 5.32 Å². The number of benzene rings is 1. The van der Waals surface area contributed by atoms with Crippen LogP contribution in [-0.4, -0.2) is 51.3 Å². The third kappa shape index (κ3) is 7.84. The van der Waals surface area contributed by atoms with Gasteiger partial charge in [0.05, 0.1) is 6.61 Å². The van der Waals surface area contributed by atoms with Crippen LogP contribution in [0.25, 0.3) is 0 Å². The van der Waals surface area contributed by atoms with Crippen LogP contribution in [0.4, 0.5) is 4.79 Å². The fourth-order valence-electron chi connectivity index (χ4n) is 2.27. The van der Waals surface area contributed by atoms with Gasteiger partial charge < -0.3 is 29.0 Å². The van der Waals surface area contributed by atoms with Crippen molar-refractivity contribution in [2.24, 2.45) is 0 Å². The van der Waals surface area contributed by atoms with E-state index in [-0.39, 0.29) is 13.4 Å². The number of esters is 1. The number of nitrogens with one attached hydrogen (secondary N) is 1. The fourth-order valence-corrected chi connectivity index (χ4v) is 2.27. The zero-order chi connectivity index (χ0) is 20.4. The lowest BCUT2D eigenvalue weighted by Crippen LogP contribution is -2.48. The summed E-state index contributed by atoms with van der Waals surface area (Å²) in [6, 6.07) is 5.84. The Hall–Kier alpha value is -2.32. The lowest BCUT2D eigenvalue weighted by molar-refractivity contribution is -0.149. The normalized spacial score (nSPS) is 13.4. The van der Waals surface area contributed by atoms with Crippen molar-refractivity contribution >= 4 is 12.1 Å². The summed E-state index contributed by atoms with van der Waals surface area (Å²) < 4.78 is 26.0. The summed E-state index contributed by atoms with van der Waals surface area (Å²) in [5, 5.41) is 2.54. The van der Waals surface area contributed by atoms with Crippen LogP contribution in [0.5, 0.6) is 5.75 Å². The predicted octanol–water partition coefficient (Wildman–Crippen LogP) is 2.81. The smallest absolute Gasteiger partial charge is 0.408 e. The molecule has 0 unspecified atom stereocenters. The number of carbonyl (C=O) groups excluding carboxylic acids is 2. The van der Waals surface area contributed by atoms with Gasteiger partial charge in [-0.1, -0.05) is 12.1 Å². The molecule has 8 nitrogen and oxygen atoms in total. The summed E-state index contributed by atoms with van der Waals surface area (Å²) in [5.74, 6) is -0.0156. The minimum atomic E-state index is -1.07. The van der Waals surface area contributed by atoms with Crippen molar-refractivity contribution in [2.45, 2.75) is 45.4 Å². The molecule has 8 heteroatoms. The second kappa shape index (κ2) is 10.7. The van der Waals surface area contributed by atoms with Gasteiger partial charge in [0.25, 0.3) is 0 Å². The van der Waals surface area contributed by atoms with E-state index in [1.807, 2.05) is 0 Å². The van der Waals surface area contributed by atoms with Crippen LogP contribution in [0.15, 0.2) is 24.3 Å². The lowest BCUT2D eigenvalue weighted by Gasteiger charge is -2.27. The van der Waals surface area contributed by atoms with Gasteiger partial charge in [0.2, 0.25) is 0 Å². The standard InChI is InChI=1S/C19H29NO7/c1-7-25-17(21)15(20-18(22)27-19(2,3)4)16(24-6)13-8-10-14(11-9-13)26-12-23-5/h8-11,15-16H,7,12H2,1-6H3,(H,20,22)/t15-,16+/m0/s1. The number of hydrogen-bond acceptors (Lipinski definition) is 7. The summed E-state index contributed by atoms with van der Waals surface area (Å²) in [7, 11) is 2.98. The molecule has 1 aromatic carbocycles. The van der Waals surface area contributed by atoms with Crippen LogP contribution in [-0.2, 0) is 23.7 Å². The molecule has 0 fully saturated rings. The first-order chi connectivity index (χ1) is 12.7. The van der Waals surface area contributed by atoms with Gasteiger partial charge >= 0.3 is 12.1 Å². The van der Waals surface area contributed by atoms with E-state index >= 15 is 0 Å². The first-order valence-corrected chi connectivity index (χ1v) is 8.62. The van der Waals surface area contributed by atoms with E-state index < -0.39 is 29.8 Å². The summed E-state index contributed by atoms with van der Waals surface area (Å²) >= 11 is 0. The zero-order valence-corrected chi connectivity index (χ0v) is 16.7. The van der Waals surface area contributed by atoms with E-state index in [0.29, 0.717) is 11.3 Å². The SMILES string of the molecule is CCOC(=O)[C@@H](NC(=O)OC(C)(C)C)[C@H](OC)c1ccc(OCOC)cc1. The summed E-state index contributed by atoms with van der Waals surface area (Å²) in [5.41, 5.74) is -0.0389. The summed E-state index contributed by atoms with van der Waals surface area (Å²) in [6.45, 7) is 7.19. The van der Waals surface area contributed by atoms with Crippen molar-refractivity contribution in [3.63, 3.8) is 0 Å². The van der Waals surface area contributed by atoms with Crippen LogP contribution in [0.3, 0.4) is 0 Å². The number of hydrogen-bond donors (Lipinski definition) is 1. The highest BCUT2D eigenvalue weighted by atomic mass is 16.7. The minimum absolute atomic E-state index is 0.124. The second-order valence-corrected chi connectivity index (χ2v) is 6.65. The molecule has 0 saturated heterocycles. The van der Waals surface area contributed by atoms with Gasteiger partial charge in [-0.25, -0.2) is 9.59 Å². The molecule has 0 radical (unpaired) electrons. The first-order valence-electron chi connectivity index (χ1n) is 8.62. The molecule has 152 valence electrons. The maximum absolute atomic E-state index is 12.4. The molecule has 0 aliphatic rings. The topological polar surface area (TPSA) is 92.3 Å². The molecule has 1 aromatic rings. The van der Waals surface area contributed by atoms with Crippen LogP contribution in [0.2, 0.25) is 0 Å². The Bertz CT molecular complexity index is 595. The Morgan fingerprint density at radius 2 is 1.74 bits per heavy atom. The van der Waals surface area contributed by atoms with Crippen molar-refractivity contribution in [1.29, 1.82) is 0 Å². The van der Waals surface area contributed by atoms with Gasteiger partial charge in [-0.15, -0.1) is 0 Å². The van der Waals surface area contributed by atoms with E-state index in [0.717, 1.165) is 0 Å². The maximum atomic E-state index is 12.4. The van der Waals surface area contributed by atoms with Gasteiger partial charge in [0.1, 0.15) is 17.5 Å². The van der Waals surface area contributed by atoms with Crippen LogP contribution < -0.4 is 10.1 Å². The van der Waals surface area contributed by atoms with E-state index in [1.54, 1.807) is 52.0 Å². The molecule has 1 amide bonds. The number of ether oxygens (including phenoxy) is 5. The first kappa shape index (κ1) is 22.7. The van der Waals surface area contributed by atoms with Crippen LogP contribution >= 0.6 is 0 Å². The Kier molecular flexibility index (Phi) is 9.04. The van der Waals surface area contributed by atoms with Gasteiger partial charge in [-0.2, -0.15) is 0 Å². The molecule has 27 heavy (non-hydrogen) atoms. The van der Waals surface area contributed by atoms with Gasteiger partial charge in [-0.05, 0) is 45.4 Å². The van der Waals surface area contributed by atoms with Gasteiger partial charge in [0.15, 0.2) is 12.8 Å². The third-order valence-corrected chi connectivity index (χ3v) is 3.32. The highest BCUT2D eigenvalue weighted by Crippen LogP contribution is 2.24. The van der Waals surface area contributed by atoms with Crippen molar-refractivity contribution < 1.29 is 33.3 Å². The number of rotatable bonds is 9. The molecule has 1 N–H and O–H groups in total. The molecular formula is C19H29NO7. The Morgan fingerprint density at radius 3 is 2.22 bits per heavy atom. The van der Waals surface area contributed by atoms with Crippen LogP contribution in [0, 0.1) is 0 Å². The van der Waals surface area contributed by atoms with Crippen LogP contribution in [0.1, 0.15) is 39.4 Å². The van der Waals surface area contributed by atoms with E-state index in [2.05, 4.69) is 5.32 Å². The van der Waals surface area contributed by atoms with E-state index in [1.165, 1.54) is 14.2 Å². The summed E-state index contributed by atoms with van der Waals surface area (Å²) in [6.07, 6.45) is -1.50. The van der Waals surface area contributed by atoms with Gasteiger partial charge in [-0.3, -0.25) is 0 Å². The van der Waals surface area contributed by atoms with E-state index in [4.69, 9.17) is 23.7 Å². The number of carbonyl (C=O) groups is 2. The molecule has 2 atom stereocenters. The molecule has 0 aromatic heterocycles. The molecule has 1 rings (SSSR count). The summed E-state index contributed by atoms with van der Waals surface area (Å²) in [4.78, 5) is 24.6. The van der Waals surface area contributed by atoms with Gasteiger partial charge in [0, 0.05) is 14.2 Å². The number of amides is 1. The van der Waals surface area contributed by atoms with Crippen molar-refractivity contribution in [3.8, 4) is 5.75 Å². The quantitative estimate of drug-likeness (QED) is 0.518. The minimum Gasteiger partial charge on any atom is -0.468 e. The zero-order valence-electron chi connectivity index (χ0n) is 16.7. The van der Waals surface area contributed by atoms with Crippen molar-refractivity contribution in [3.05, 3.63) is 29.8 Å². The molecule has 0 heterocycles. The molecule has 0 aliphatic heterocycles. The van der Waals surface area contributed by atoms with E-state index in [9.17, 15) is 9.59 Å². The molecule has 0 spiro atoms. The molecular weight excluding hydrogens is 354 g/mol. The number of methoxy groups -OCH3 is 2. The predicted molar refractivity (Wildman–Crippen MR) is 98.5 cm³/mol. The monoisotopic (exact) mass is 383 g/mol. The maximum Gasteiger partial charge on any atom is 0.408 e. The highest BCUT2D eigenvalue weighted by Gasteiger charge is 2.34.